The van der Waals surface area contributed by atoms with Crippen LogP contribution in [0.4, 0.5) is 0 Å². The zero-order valence-electron chi connectivity index (χ0n) is 14.9. The summed E-state index contributed by atoms with van der Waals surface area (Å²) in [5, 5.41) is 16.7. The third-order valence-corrected chi connectivity index (χ3v) is 2.94. The van der Waals surface area contributed by atoms with Gasteiger partial charge in [0.1, 0.15) is 0 Å². The average Bonchev–Trinajstić information content (AvgIpc) is 2.55. The summed E-state index contributed by atoms with van der Waals surface area (Å²) in [6.45, 7) is 10.7. The van der Waals surface area contributed by atoms with E-state index in [2.05, 4.69) is 27.0 Å². The van der Waals surface area contributed by atoms with Crippen molar-refractivity contribution in [1.29, 1.82) is 0 Å². The van der Waals surface area contributed by atoms with Crippen molar-refractivity contribution in [2.24, 2.45) is 0 Å². The number of esters is 2. The van der Waals surface area contributed by atoms with Gasteiger partial charge in [-0.15, -0.1) is 0 Å². The van der Waals surface area contributed by atoms with Crippen molar-refractivity contribution in [2.45, 2.75) is 77.8 Å². The molecule has 24 heavy (non-hydrogen) atoms. The van der Waals surface area contributed by atoms with Gasteiger partial charge in [0.2, 0.25) is 6.29 Å². The third kappa shape index (κ3) is 18.4. The summed E-state index contributed by atoms with van der Waals surface area (Å²) in [7, 11) is 0. The molecule has 0 aromatic heterocycles. The van der Waals surface area contributed by atoms with Crippen LogP contribution < -0.4 is 0 Å². The molecule has 0 fully saturated rings. The molecular formula is C18H32O6. The first kappa shape index (κ1) is 24.6. The minimum absolute atomic E-state index is 0.493. The maximum Gasteiger partial charge on any atom is 0.333 e. The molecule has 0 amide bonds. The molecular weight excluding hydrogens is 312 g/mol. The maximum atomic E-state index is 11.0. The molecule has 0 aromatic carbocycles. The zero-order chi connectivity index (χ0) is 18.8. The van der Waals surface area contributed by atoms with Crippen LogP contribution in [-0.2, 0) is 19.1 Å². The summed E-state index contributed by atoms with van der Waals surface area (Å²) in [4.78, 5) is 21.9. The van der Waals surface area contributed by atoms with E-state index in [9.17, 15) is 9.59 Å². The predicted molar refractivity (Wildman–Crippen MR) is 92.9 cm³/mol. The number of carbonyl (C=O) groups excluding carboxylic acids is 2. The lowest BCUT2D eigenvalue weighted by Gasteiger charge is -2.16. The first-order valence-corrected chi connectivity index (χ1v) is 8.43. The maximum absolute atomic E-state index is 11.0. The van der Waals surface area contributed by atoms with Gasteiger partial charge in [-0.2, -0.15) is 0 Å². The predicted octanol–water partition coefficient (Wildman–Crippen LogP) is 3.23. The molecule has 140 valence electrons. The Morgan fingerprint density at radius 2 is 1.29 bits per heavy atom. The fraction of sp³-hybridized carbons (Fsp3) is 0.667. The Labute approximate surface area is 145 Å². The number of rotatable bonds is 12. The van der Waals surface area contributed by atoms with Crippen LogP contribution in [0.15, 0.2) is 25.3 Å². The molecule has 0 unspecified atom stereocenters. The van der Waals surface area contributed by atoms with Crippen molar-refractivity contribution >= 4 is 11.9 Å². The second-order valence-electron chi connectivity index (χ2n) is 5.18. The smallest absolute Gasteiger partial charge is 0.333 e. The first-order chi connectivity index (χ1) is 11.4. The highest BCUT2D eigenvalue weighted by molar-refractivity contribution is 5.82. The molecule has 0 heterocycles. The minimum atomic E-state index is -1.10. The van der Waals surface area contributed by atoms with Gasteiger partial charge in [-0.1, -0.05) is 52.7 Å². The van der Waals surface area contributed by atoms with E-state index in [0.717, 1.165) is 50.7 Å². The Morgan fingerprint density at radius 3 is 1.62 bits per heavy atom. The van der Waals surface area contributed by atoms with E-state index in [1.165, 1.54) is 0 Å². The van der Waals surface area contributed by atoms with Gasteiger partial charge in [0.25, 0.3) is 0 Å². The number of hydrogen-bond donors (Lipinski definition) is 2. The standard InChI is InChI=1S/C12H18O4.C6H14O2/c1-4-7-8-9-12(15-10(13)5-2)16-11(14)6-3;1-2-3-4-5-6(7)8/h5-6,12H,2-4,7-9H2,1H3;6-8H,2-5H2,1H3. The molecule has 0 bridgehead atoms. The molecule has 0 saturated carbocycles. The first-order valence-electron chi connectivity index (χ1n) is 8.43. The molecule has 0 rings (SSSR count). The van der Waals surface area contributed by atoms with Crippen LogP contribution in [0.3, 0.4) is 0 Å². The second-order valence-corrected chi connectivity index (χ2v) is 5.18. The number of unbranched alkanes of at least 4 members (excludes halogenated alkanes) is 4. The minimum Gasteiger partial charge on any atom is -0.422 e. The zero-order valence-corrected chi connectivity index (χ0v) is 14.9. The van der Waals surface area contributed by atoms with Gasteiger partial charge in [0, 0.05) is 18.6 Å². The summed E-state index contributed by atoms with van der Waals surface area (Å²) < 4.78 is 9.74. The van der Waals surface area contributed by atoms with E-state index in [0.29, 0.717) is 12.8 Å². The van der Waals surface area contributed by atoms with Gasteiger partial charge < -0.3 is 19.7 Å². The van der Waals surface area contributed by atoms with Crippen molar-refractivity contribution in [1.82, 2.24) is 0 Å². The largest absolute Gasteiger partial charge is 0.422 e. The van der Waals surface area contributed by atoms with Crippen LogP contribution in [0.25, 0.3) is 0 Å². The van der Waals surface area contributed by atoms with Gasteiger partial charge in [-0.05, 0) is 19.3 Å². The Balaban J connectivity index is 0. The second kappa shape index (κ2) is 17.7. The number of ether oxygens (including phenoxy) is 2. The van der Waals surface area contributed by atoms with Crippen molar-refractivity contribution in [2.75, 3.05) is 0 Å². The lowest BCUT2D eigenvalue weighted by molar-refractivity contribution is -0.182. The lowest BCUT2D eigenvalue weighted by atomic mass is 10.2. The molecule has 0 aromatic rings. The highest BCUT2D eigenvalue weighted by atomic mass is 16.7. The fourth-order valence-corrected chi connectivity index (χ4v) is 1.64. The molecule has 0 radical (unpaired) electrons. The number of hydrogen-bond acceptors (Lipinski definition) is 6. The molecule has 6 nitrogen and oxygen atoms in total. The van der Waals surface area contributed by atoms with Crippen LogP contribution in [-0.4, -0.2) is 34.7 Å². The van der Waals surface area contributed by atoms with E-state index in [1.807, 2.05) is 0 Å². The molecule has 0 saturated heterocycles. The van der Waals surface area contributed by atoms with Gasteiger partial charge in [0.05, 0.1) is 0 Å². The summed E-state index contributed by atoms with van der Waals surface area (Å²) in [6, 6.07) is 0. The van der Waals surface area contributed by atoms with Crippen LogP contribution in [0.5, 0.6) is 0 Å². The van der Waals surface area contributed by atoms with E-state index in [1.54, 1.807) is 0 Å². The molecule has 6 heteroatoms. The monoisotopic (exact) mass is 344 g/mol. The van der Waals surface area contributed by atoms with E-state index in [4.69, 9.17) is 19.7 Å². The third-order valence-electron chi connectivity index (χ3n) is 2.94. The number of aliphatic hydroxyl groups excluding tert-OH is 1. The van der Waals surface area contributed by atoms with Crippen molar-refractivity contribution in [3.8, 4) is 0 Å². The molecule has 0 spiro atoms. The average molecular weight is 344 g/mol. The SMILES string of the molecule is C=CC(=O)OC(CCCCC)OC(=O)C=C.CCCCCC(O)O. The Morgan fingerprint density at radius 1 is 0.875 bits per heavy atom. The van der Waals surface area contributed by atoms with Gasteiger partial charge >= 0.3 is 11.9 Å². The van der Waals surface area contributed by atoms with Crippen molar-refractivity contribution in [3.05, 3.63) is 25.3 Å². The highest BCUT2D eigenvalue weighted by Crippen LogP contribution is 2.09. The van der Waals surface area contributed by atoms with Crippen LogP contribution >= 0.6 is 0 Å². The summed E-state index contributed by atoms with van der Waals surface area (Å²) in [5.74, 6) is -1.20. The highest BCUT2D eigenvalue weighted by Gasteiger charge is 2.15. The van der Waals surface area contributed by atoms with Gasteiger partial charge in [-0.3, -0.25) is 0 Å². The lowest BCUT2D eigenvalue weighted by Crippen LogP contribution is -2.23. The molecule has 0 atom stereocenters. The quantitative estimate of drug-likeness (QED) is 0.244. The normalized spacial score (nSPS) is 9.92. The summed E-state index contributed by atoms with van der Waals surface area (Å²) >= 11 is 0. The van der Waals surface area contributed by atoms with Crippen LogP contribution in [0, 0.1) is 0 Å². The fourth-order valence-electron chi connectivity index (χ4n) is 1.64. The topological polar surface area (TPSA) is 93.1 Å². The molecule has 0 aliphatic heterocycles. The molecule has 0 aliphatic carbocycles. The van der Waals surface area contributed by atoms with Crippen molar-refractivity contribution in [3.63, 3.8) is 0 Å². The Bertz CT molecular complexity index is 329. The Kier molecular flexibility index (Phi) is 18.1. The van der Waals surface area contributed by atoms with Gasteiger partial charge in [-0.25, -0.2) is 9.59 Å². The van der Waals surface area contributed by atoms with E-state index >= 15 is 0 Å². The number of aliphatic hydroxyl groups is 2. The van der Waals surface area contributed by atoms with Crippen LogP contribution in [0.2, 0.25) is 0 Å². The summed E-state index contributed by atoms with van der Waals surface area (Å²) in [6.07, 6.45) is 7.16. The van der Waals surface area contributed by atoms with Gasteiger partial charge in [0.15, 0.2) is 6.29 Å². The van der Waals surface area contributed by atoms with Crippen molar-refractivity contribution < 1.29 is 29.3 Å². The molecule has 0 aliphatic rings. The van der Waals surface area contributed by atoms with E-state index < -0.39 is 24.5 Å². The molecule has 2 N–H and O–H groups in total. The summed E-state index contributed by atoms with van der Waals surface area (Å²) in [5.41, 5.74) is 0. The number of carbonyl (C=O) groups is 2. The Hall–Kier alpha value is -1.66. The van der Waals surface area contributed by atoms with Crippen LogP contribution in [0.1, 0.15) is 65.2 Å². The van der Waals surface area contributed by atoms with E-state index in [-0.39, 0.29) is 0 Å².